The standard InChI is InChI=1S/C15H20O4S/c1-4-12(5-2)15(17)13-6-8-14(9-7-13)20(18,19)10-11(3)16/h6-9,12H,4-5,10H2,1-3H3. The van der Waals surface area contributed by atoms with E-state index in [0.717, 1.165) is 12.8 Å². The van der Waals surface area contributed by atoms with Crippen LogP contribution in [0.3, 0.4) is 0 Å². The van der Waals surface area contributed by atoms with Gasteiger partial charge in [-0.15, -0.1) is 0 Å². The molecule has 1 rings (SSSR count). The highest BCUT2D eigenvalue weighted by molar-refractivity contribution is 7.92. The highest BCUT2D eigenvalue weighted by Crippen LogP contribution is 2.18. The van der Waals surface area contributed by atoms with Crippen molar-refractivity contribution in [3.63, 3.8) is 0 Å². The number of sulfone groups is 1. The van der Waals surface area contributed by atoms with Gasteiger partial charge in [0.25, 0.3) is 0 Å². The van der Waals surface area contributed by atoms with Crippen molar-refractivity contribution in [2.24, 2.45) is 5.92 Å². The summed E-state index contributed by atoms with van der Waals surface area (Å²) in [7, 11) is -3.59. The van der Waals surface area contributed by atoms with Gasteiger partial charge < -0.3 is 0 Å². The Morgan fingerprint density at radius 3 is 1.95 bits per heavy atom. The smallest absolute Gasteiger partial charge is 0.185 e. The number of Topliss-reactive ketones (excluding diaryl/α,β-unsaturated/α-hetero) is 2. The van der Waals surface area contributed by atoms with E-state index in [1.807, 2.05) is 13.8 Å². The lowest BCUT2D eigenvalue weighted by Crippen LogP contribution is -2.15. The Labute approximate surface area is 120 Å². The maximum atomic E-state index is 12.1. The molecule has 0 heterocycles. The monoisotopic (exact) mass is 296 g/mol. The van der Waals surface area contributed by atoms with Gasteiger partial charge in [-0.1, -0.05) is 26.0 Å². The van der Waals surface area contributed by atoms with E-state index < -0.39 is 21.4 Å². The van der Waals surface area contributed by atoms with Crippen LogP contribution < -0.4 is 0 Å². The van der Waals surface area contributed by atoms with E-state index >= 15 is 0 Å². The van der Waals surface area contributed by atoms with E-state index in [4.69, 9.17) is 0 Å². The minimum Gasteiger partial charge on any atom is -0.299 e. The number of rotatable bonds is 7. The molecule has 0 fully saturated rings. The molecule has 20 heavy (non-hydrogen) atoms. The van der Waals surface area contributed by atoms with Crippen molar-refractivity contribution in [1.82, 2.24) is 0 Å². The first-order valence-electron chi connectivity index (χ1n) is 6.68. The second-order valence-electron chi connectivity index (χ2n) is 4.86. The van der Waals surface area contributed by atoms with E-state index in [1.165, 1.54) is 31.2 Å². The van der Waals surface area contributed by atoms with Gasteiger partial charge in [-0.3, -0.25) is 9.59 Å². The molecule has 0 saturated heterocycles. The van der Waals surface area contributed by atoms with Gasteiger partial charge in [0.1, 0.15) is 11.5 Å². The second-order valence-corrected chi connectivity index (χ2v) is 6.85. The lowest BCUT2D eigenvalue weighted by atomic mass is 9.93. The Bertz CT molecular complexity index is 581. The average molecular weight is 296 g/mol. The minimum absolute atomic E-state index is 0.0327. The molecule has 0 amide bonds. The summed E-state index contributed by atoms with van der Waals surface area (Å²) in [5, 5.41) is 0. The van der Waals surface area contributed by atoms with Crippen molar-refractivity contribution >= 4 is 21.4 Å². The van der Waals surface area contributed by atoms with Crippen LogP contribution in [0.2, 0.25) is 0 Å². The van der Waals surface area contributed by atoms with Gasteiger partial charge in [0, 0.05) is 11.5 Å². The predicted octanol–water partition coefficient (Wildman–Crippen LogP) is 2.67. The summed E-state index contributed by atoms with van der Waals surface area (Å²) in [4.78, 5) is 23.2. The van der Waals surface area contributed by atoms with Gasteiger partial charge in [-0.05, 0) is 31.9 Å². The van der Waals surface area contributed by atoms with Crippen molar-refractivity contribution in [3.05, 3.63) is 29.8 Å². The van der Waals surface area contributed by atoms with Crippen LogP contribution in [-0.2, 0) is 14.6 Å². The maximum absolute atomic E-state index is 12.1. The van der Waals surface area contributed by atoms with Gasteiger partial charge >= 0.3 is 0 Å². The van der Waals surface area contributed by atoms with Crippen LogP contribution in [0.1, 0.15) is 44.0 Å². The van der Waals surface area contributed by atoms with Crippen molar-refractivity contribution in [2.45, 2.75) is 38.5 Å². The van der Waals surface area contributed by atoms with Crippen LogP contribution in [0, 0.1) is 5.92 Å². The number of ketones is 2. The molecular formula is C15H20O4S. The summed E-state index contributed by atoms with van der Waals surface area (Å²) in [5.74, 6) is -0.908. The first-order chi connectivity index (χ1) is 9.31. The van der Waals surface area contributed by atoms with Crippen LogP contribution in [0.15, 0.2) is 29.2 Å². The highest BCUT2D eigenvalue weighted by atomic mass is 32.2. The lowest BCUT2D eigenvalue weighted by Gasteiger charge is -2.11. The molecule has 0 N–H and O–H groups in total. The summed E-state index contributed by atoms with van der Waals surface area (Å²) in [6, 6.07) is 5.84. The number of carbonyl (C=O) groups is 2. The third-order valence-electron chi connectivity index (χ3n) is 3.25. The average Bonchev–Trinajstić information content (AvgIpc) is 2.38. The van der Waals surface area contributed by atoms with E-state index in [2.05, 4.69) is 0 Å². The molecule has 4 nitrogen and oxygen atoms in total. The topological polar surface area (TPSA) is 68.3 Å². The molecule has 0 atom stereocenters. The van der Waals surface area contributed by atoms with Crippen LogP contribution >= 0.6 is 0 Å². The molecule has 0 radical (unpaired) electrons. The Balaban J connectivity index is 3.00. The molecule has 1 aromatic rings. The molecule has 5 heteroatoms. The number of benzene rings is 1. The summed E-state index contributed by atoms with van der Waals surface area (Å²) >= 11 is 0. The first-order valence-corrected chi connectivity index (χ1v) is 8.33. The third kappa shape index (κ3) is 4.00. The summed E-state index contributed by atoms with van der Waals surface area (Å²) in [5.41, 5.74) is 0.514. The minimum atomic E-state index is -3.59. The van der Waals surface area contributed by atoms with E-state index in [0.29, 0.717) is 5.56 Å². The molecule has 0 bridgehead atoms. The van der Waals surface area contributed by atoms with Gasteiger partial charge in [-0.2, -0.15) is 0 Å². The summed E-state index contributed by atoms with van der Waals surface area (Å²) < 4.78 is 23.7. The Morgan fingerprint density at radius 2 is 1.55 bits per heavy atom. The summed E-state index contributed by atoms with van der Waals surface area (Å²) in [6.45, 7) is 5.15. The van der Waals surface area contributed by atoms with E-state index in [9.17, 15) is 18.0 Å². The van der Waals surface area contributed by atoms with Crippen LogP contribution in [-0.4, -0.2) is 25.7 Å². The van der Waals surface area contributed by atoms with Crippen molar-refractivity contribution in [1.29, 1.82) is 0 Å². The molecule has 0 unspecified atom stereocenters. The predicted molar refractivity (Wildman–Crippen MR) is 77.6 cm³/mol. The molecule has 0 aliphatic heterocycles. The van der Waals surface area contributed by atoms with Gasteiger partial charge in [-0.25, -0.2) is 8.42 Å². The highest BCUT2D eigenvalue weighted by Gasteiger charge is 2.19. The van der Waals surface area contributed by atoms with Crippen molar-refractivity contribution in [3.8, 4) is 0 Å². The van der Waals surface area contributed by atoms with Gasteiger partial charge in [0.15, 0.2) is 15.6 Å². The number of hydrogen-bond acceptors (Lipinski definition) is 4. The third-order valence-corrected chi connectivity index (χ3v) is 5.02. The quantitative estimate of drug-likeness (QED) is 0.725. The zero-order valence-corrected chi connectivity index (χ0v) is 12.9. The Hall–Kier alpha value is -1.49. The maximum Gasteiger partial charge on any atom is 0.185 e. The zero-order chi connectivity index (χ0) is 15.3. The molecular weight excluding hydrogens is 276 g/mol. The fraction of sp³-hybridized carbons (Fsp3) is 0.467. The molecule has 1 aromatic carbocycles. The second kappa shape index (κ2) is 6.79. The van der Waals surface area contributed by atoms with Gasteiger partial charge in [0.2, 0.25) is 0 Å². The van der Waals surface area contributed by atoms with Gasteiger partial charge in [0.05, 0.1) is 4.90 Å². The molecule has 0 spiro atoms. The van der Waals surface area contributed by atoms with Crippen LogP contribution in [0.5, 0.6) is 0 Å². The first kappa shape index (κ1) is 16.6. The van der Waals surface area contributed by atoms with Crippen molar-refractivity contribution in [2.75, 3.05) is 5.75 Å². The van der Waals surface area contributed by atoms with Crippen LogP contribution in [0.4, 0.5) is 0 Å². The molecule has 0 aliphatic carbocycles. The molecule has 0 aliphatic rings. The molecule has 110 valence electrons. The SMILES string of the molecule is CCC(CC)C(=O)c1ccc(S(=O)(=O)CC(C)=O)cc1. The fourth-order valence-electron chi connectivity index (χ4n) is 2.07. The molecule has 0 saturated carbocycles. The molecule has 0 aromatic heterocycles. The van der Waals surface area contributed by atoms with E-state index in [-0.39, 0.29) is 16.6 Å². The number of carbonyl (C=O) groups excluding carboxylic acids is 2. The summed E-state index contributed by atoms with van der Waals surface area (Å²) in [6.07, 6.45) is 1.53. The number of hydrogen-bond donors (Lipinski definition) is 0. The fourth-order valence-corrected chi connectivity index (χ4v) is 3.33. The zero-order valence-electron chi connectivity index (χ0n) is 12.0. The lowest BCUT2D eigenvalue weighted by molar-refractivity contribution is -0.114. The Kier molecular flexibility index (Phi) is 5.62. The van der Waals surface area contributed by atoms with E-state index in [1.54, 1.807) is 0 Å². The normalized spacial score (nSPS) is 11.6. The Morgan fingerprint density at radius 1 is 1.05 bits per heavy atom. The largest absolute Gasteiger partial charge is 0.299 e. The van der Waals surface area contributed by atoms with Crippen LogP contribution in [0.25, 0.3) is 0 Å². The van der Waals surface area contributed by atoms with Crippen molar-refractivity contribution < 1.29 is 18.0 Å².